The molecule has 1 aromatic heterocycles. The van der Waals surface area contributed by atoms with Gasteiger partial charge >= 0.3 is 0 Å². The molecule has 1 aromatic carbocycles. The Kier molecular flexibility index (Phi) is 6.63. The molecule has 0 aliphatic heterocycles. The lowest BCUT2D eigenvalue weighted by Gasteiger charge is -2.13. The van der Waals surface area contributed by atoms with E-state index in [-0.39, 0.29) is 23.8 Å². The minimum Gasteiger partial charge on any atom is -0.494 e. The van der Waals surface area contributed by atoms with Gasteiger partial charge in [0.1, 0.15) is 11.6 Å². The van der Waals surface area contributed by atoms with E-state index in [0.717, 1.165) is 4.57 Å². The molecule has 2 aromatic rings. The van der Waals surface area contributed by atoms with Crippen LogP contribution in [0.15, 0.2) is 34.1 Å². The predicted octanol–water partition coefficient (Wildman–Crippen LogP) is 2.72. The van der Waals surface area contributed by atoms with Crippen molar-refractivity contribution >= 4 is 17.7 Å². The second-order valence-electron chi connectivity index (χ2n) is 6.01. The van der Waals surface area contributed by atoms with Gasteiger partial charge in [-0.15, -0.1) is 0 Å². The number of aromatic nitrogens is 1. The highest BCUT2D eigenvalue weighted by Gasteiger charge is 2.17. The number of Topliss-reactive ketones (excluding diaryl/α,β-unsaturated/α-hetero) is 1. The van der Waals surface area contributed by atoms with Crippen LogP contribution in [0.1, 0.15) is 40.4 Å². The van der Waals surface area contributed by atoms with E-state index in [1.807, 2.05) is 6.07 Å². The van der Waals surface area contributed by atoms with Crippen LogP contribution in [0.5, 0.6) is 5.88 Å². The van der Waals surface area contributed by atoms with Crippen molar-refractivity contribution in [3.8, 4) is 11.9 Å². The Hall–Kier alpha value is -3.24. The second kappa shape index (κ2) is 8.92. The molecule has 0 aliphatic rings. The zero-order chi connectivity index (χ0) is 20.0. The summed E-state index contributed by atoms with van der Waals surface area (Å²) < 4.78 is 6.13. The lowest BCUT2D eigenvalue weighted by Crippen LogP contribution is -2.26. The molecule has 0 spiro atoms. The van der Waals surface area contributed by atoms with E-state index in [9.17, 15) is 20.0 Å². The first-order valence-corrected chi connectivity index (χ1v) is 8.41. The maximum absolute atomic E-state index is 12.4. The van der Waals surface area contributed by atoms with Gasteiger partial charge in [-0.05, 0) is 50.1 Å². The molecule has 0 fully saturated rings. The molecule has 2 rings (SSSR count). The Bertz CT molecular complexity index is 967. The number of rotatable bonds is 7. The number of aromatic hydroxyl groups is 1. The topological polar surface area (TPSA) is 105 Å². The fourth-order valence-electron chi connectivity index (χ4n) is 2.62. The molecule has 0 bridgehead atoms. The summed E-state index contributed by atoms with van der Waals surface area (Å²) in [6.45, 7) is 3.73. The molecule has 140 valence electrons. The Labute approximate surface area is 157 Å². The summed E-state index contributed by atoms with van der Waals surface area (Å²) in [5, 5.41) is 19.9. The van der Waals surface area contributed by atoms with Gasteiger partial charge in [0.05, 0.1) is 11.3 Å². The molecule has 0 radical (unpaired) electrons. The van der Waals surface area contributed by atoms with Crippen LogP contribution in [0.4, 0.5) is 5.69 Å². The number of pyridine rings is 1. The highest BCUT2D eigenvalue weighted by molar-refractivity contribution is 5.94. The Morgan fingerprint density at radius 2 is 2.04 bits per heavy atom. The van der Waals surface area contributed by atoms with Crippen molar-refractivity contribution in [3.63, 3.8) is 0 Å². The number of carbonyl (C=O) groups is 1. The van der Waals surface area contributed by atoms with Crippen LogP contribution in [0.2, 0.25) is 0 Å². The van der Waals surface area contributed by atoms with Crippen LogP contribution < -0.4 is 5.56 Å². The Morgan fingerprint density at radius 1 is 1.37 bits per heavy atom. The number of carbonyl (C=O) groups excluding carboxylic acids is 1. The average Bonchev–Trinajstić information content (AvgIpc) is 2.65. The van der Waals surface area contributed by atoms with Gasteiger partial charge in [-0.25, -0.2) is 0 Å². The smallest absolute Gasteiger partial charge is 0.271 e. The van der Waals surface area contributed by atoms with Gasteiger partial charge in [0.2, 0.25) is 5.88 Å². The third kappa shape index (κ3) is 4.49. The molecule has 7 heteroatoms. The lowest BCUT2D eigenvalue weighted by atomic mass is 10.1. The van der Waals surface area contributed by atoms with E-state index < -0.39 is 5.56 Å². The number of ether oxygens (including phenoxy) is 1. The van der Waals surface area contributed by atoms with Crippen LogP contribution in [0, 0.1) is 18.3 Å². The first kappa shape index (κ1) is 20.1. The summed E-state index contributed by atoms with van der Waals surface area (Å²) in [5.41, 5.74) is 1.26. The molecule has 0 aliphatic carbocycles. The van der Waals surface area contributed by atoms with Crippen molar-refractivity contribution in [2.45, 2.75) is 26.8 Å². The molecule has 0 saturated carbocycles. The van der Waals surface area contributed by atoms with Crippen LogP contribution >= 0.6 is 0 Å². The lowest BCUT2D eigenvalue weighted by molar-refractivity contribution is 0.101. The van der Waals surface area contributed by atoms with Crippen molar-refractivity contribution in [2.24, 2.45) is 4.99 Å². The van der Waals surface area contributed by atoms with E-state index in [2.05, 4.69) is 4.99 Å². The number of nitriles is 1. The summed E-state index contributed by atoms with van der Waals surface area (Å²) in [6, 6.07) is 8.59. The molecule has 1 N–H and O–H groups in total. The largest absolute Gasteiger partial charge is 0.494 e. The van der Waals surface area contributed by atoms with Crippen LogP contribution in [-0.4, -0.2) is 35.4 Å². The number of benzene rings is 1. The zero-order valence-corrected chi connectivity index (χ0v) is 15.5. The van der Waals surface area contributed by atoms with E-state index in [4.69, 9.17) is 4.74 Å². The number of ketones is 1. The van der Waals surface area contributed by atoms with Crippen molar-refractivity contribution in [3.05, 3.63) is 56.9 Å². The summed E-state index contributed by atoms with van der Waals surface area (Å²) in [7, 11) is 1.55. The van der Waals surface area contributed by atoms with Crippen LogP contribution in [-0.2, 0) is 11.3 Å². The molecule has 0 atom stereocenters. The normalized spacial score (nSPS) is 10.9. The number of nitrogens with zero attached hydrogens (tertiary/aromatic N) is 3. The van der Waals surface area contributed by atoms with Crippen LogP contribution in [0.25, 0.3) is 0 Å². The van der Waals surface area contributed by atoms with Gasteiger partial charge in [-0.1, -0.05) is 0 Å². The van der Waals surface area contributed by atoms with Crippen molar-refractivity contribution in [1.29, 1.82) is 5.26 Å². The Balaban J connectivity index is 2.45. The maximum Gasteiger partial charge on any atom is 0.271 e. The SMILES string of the molecule is COCCCn1c(O)c(C=Nc2ccc(C(C)=O)cc2)c(C)c(C#N)c1=O. The summed E-state index contributed by atoms with van der Waals surface area (Å²) >= 11 is 0. The fourth-order valence-corrected chi connectivity index (χ4v) is 2.62. The van der Waals surface area contributed by atoms with Gasteiger partial charge in [0.25, 0.3) is 5.56 Å². The quantitative estimate of drug-likeness (QED) is 0.460. The summed E-state index contributed by atoms with van der Waals surface area (Å²) in [5.74, 6) is -0.280. The summed E-state index contributed by atoms with van der Waals surface area (Å²) in [6.07, 6.45) is 1.93. The fraction of sp³-hybridized carbons (Fsp3) is 0.300. The zero-order valence-electron chi connectivity index (χ0n) is 15.5. The van der Waals surface area contributed by atoms with Gasteiger partial charge in [0.15, 0.2) is 5.78 Å². The minimum absolute atomic E-state index is 0.0291. The Morgan fingerprint density at radius 3 is 2.59 bits per heavy atom. The third-order valence-corrected chi connectivity index (χ3v) is 4.19. The molecule has 7 nitrogen and oxygen atoms in total. The molecule has 27 heavy (non-hydrogen) atoms. The van der Waals surface area contributed by atoms with Gasteiger partial charge in [0, 0.05) is 32.0 Å². The highest BCUT2D eigenvalue weighted by atomic mass is 16.5. The van der Waals surface area contributed by atoms with Crippen molar-refractivity contribution in [2.75, 3.05) is 13.7 Å². The molecule has 0 amide bonds. The molecule has 0 saturated heterocycles. The second-order valence-corrected chi connectivity index (χ2v) is 6.01. The first-order chi connectivity index (χ1) is 12.9. The van der Waals surface area contributed by atoms with Crippen LogP contribution in [0.3, 0.4) is 0 Å². The van der Waals surface area contributed by atoms with E-state index in [1.165, 1.54) is 13.1 Å². The van der Waals surface area contributed by atoms with Gasteiger partial charge < -0.3 is 9.84 Å². The molecule has 1 heterocycles. The number of methoxy groups -OCH3 is 1. The summed E-state index contributed by atoms with van der Waals surface area (Å²) in [4.78, 5) is 28.1. The van der Waals surface area contributed by atoms with Crippen molar-refractivity contribution < 1.29 is 14.6 Å². The van der Waals surface area contributed by atoms with E-state index in [1.54, 1.807) is 38.3 Å². The average molecular weight is 367 g/mol. The third-order valence-electron chi connectivity index (χ3n) is 4.19. The molecular weight excluding hydrogens is 346 g/mol. The predicted molar refractivity (Wildman–Crippen MR) is 102 cm³/mol. The number of hydrogen-bond acceptors (Lipinski definition) is 6. The maximum atomic E-state index is 12.4. The van der Waals surface area contributed by atoms with Gasteiger partial charge in [-0.2, -0.15) is 5.26 Å². The highest BCUT2D eigenvalue weighted by Crippen LogP contribution is 2.22. The standard InChI is InChI=1S/C20H21N3O4/c1-13-17(11-21)19(25)23(9-4-10-27-3)20(26)18(13)12-22-16-7-5-15(6-8-16)14(2)24/h5-8,12,26H,4,9-10H2,1-3H3. The minimum atomic E-state index is -0.536. The number of hydrogen-bond donors (Lipinski definition) is 1. The van der Waals surface area contributed by atoms with Gasteiger partial charge in [-0.3, -0.25) is 19.1 Å². The van der Waals surface area contributed by atoms with Crippen molar-refractivity contribution in [1.82, 2.24) is 4.57 Å². The monoisotopic (exact) mass is 367 g/mol. The van der Waals surface area contributed by atoms with E-state index >= 15 is 0 Å². The molecule has 0 unspecified atom stereocenters. The molecular formula is C20H21N3O4. The first-order valence-electron chi connectivity index (χ1n) is 8.41. The van der Waals surface area contributed by atoms with E-state index in [0.29, 0.717) is 35.4 Å². The number of aliphatic imine (C=N–C) groups is 1.